The number of rotatable bonds is 14. The van der Waals surface area contributed by atoms with E-state index in [1.807, 2.05) is 91.0 Å². The van der Waals surface area contributed by atoms with Gasteiger partial charge >= 0.3 is 11.5 Å². The Morgan fingerprint density at radius 3 is 1.37 bits per heavy atom. The molecule has 0 aliphatic rings. The normalized spacial score (nSPS) is 11.0. The predicted octanol–water partition coefficient (Wildman–Crippen LogP) is 12.8. The summed E-state index contributed by atoms with van der Waals surface area (Å²) >= 11 is 7.07. The van der Waals surface area contributed by atoms with Crippen LogP contribution in [-0.4, -0.2) is 23.4 Å². The average molecular weight is 804 g/mol. The highest BCUT2D eigenvalue weighted by Crippen LogP contribution is 2.34. The summed E-state index contributed by atoms with van der Waals surface area (Å²) in [6.07, 6.45) is 4.12. The fourth-order valence-electron chi connectivity index (χ4n) is 5.59. The zero-order valence-corrected chi connectivity index (χ0v) is 31.0. The molecule has 0 spiro atoms. The average Bonchev–Trinajstić information content (AvgIpc) is 3.68. The first-order valence-electron chi connectivity index (χ1n) is 16.9. The molecule has 0 saturated heterocycles. The van der Waals surface area contributed by atoms with E-state index in [2.05, 4.69) is 90.6 Å². The van der Waals surface area contributed by atoms with Crippen LogP contribution in [0.15, 0.2) is 157 Å². The van der Waals surface area contributed by atoms with Gasteiger partial charge in [-0.2, -0.15) is 0 Å². The van der Waals surface area contributed by atoms with Gasteiger partial charge in [-0.1, -0.05) is 62.2 Å². The lowest BCUT2D eigenvalue weighted by molar-refractivity contribution is 0.287. The van der Waals surface area contributed by atoms with Crippen LogP contribution in [-0.2, 0) is 0 Å². The number of hydrogen-bond acceptors (Lipinski definition) is 5. The molecule has 0 unspecified atom stereocenters. The van der Waals surface area contributed by atoms with Crippen molar-refractivity contribution in [3.63, 3.8) is 0 Å². The monoisotopic (exact) mass is 801 g/mol. The van der Waals surface area contributed by atoms with E-state index in [0.29, 0.717) is 25.0 Å². The van der Waals surface area contributed by atoms with Gasteiger partial charge in [0.15, 0.2) is 0 Å². The fourth-order valence-corrected chi connectivity index (χ4v) is 6.12. The van der Waals surface area contributed by atoms with E-state index in [9.17, 15) is 0 Å². The van der Waals surface area contributed by atoms with Crippen LogP contribution in [0.25, 0.3) is 56.7 Å². The SMILES string of the molecule is Brc1ccc(-c2cc(-c3ccc(OCCCCCCOc4ccc(-c5nnc(-c6ccccc6)o5)cc4)cc3)cc(-c3ccc(Br)cc3)[o+]2)cc1. The summed E-state index contributed by atoms with van der Waals surface area (Å²) in [7, 11) is 0. The van der Waals surface area contributed by atoms with Crippen LogP contribution >= 0.6 is 31.9 Å². The van der Waals surface area contributed by atoms with Gasteiger partial charge in [0, 0.05) is 25.6 Å². The fraction of sp³-hybridized carbons (Fsp3) is 0.140. The van der Waals surface area contributed by atoms with Crippen molar-refractivity contribution < 1.29 is 18.3 Å². The molecular formula is C43H35Br2N2O4+. The molecule has 0 amide bonds. The summed E-state index contributed by atoms with van der Waals surface area (Å²) in [6, 6.07) is 46.3. The van der Waals surface area contributed by atoms with Crippen molar-refractivity contribution in [1.82, 2.24) is 10.2 Å². The molecule has 7 aromatic rings. The minimum atomic E-state index is 0.489. The lowest BCUT2D eigenvalue weighted by atomic mass is 10.0. The van der Waals surface area contributed by atoms with Gasteiger partial charge < -0.3 is 13.9 Å². The Bertz CT molecular complexity index is 2090. The molecule has 0 saturated carbocycles. The molecule has 5 aromatic carbocycles. The first kappa shape index (κ1) is 34.4. The Morgan fingerprint density at radius 2 is 0.882 bits per heavy atom. The molecular weight excluding hydrogens is 768 g/mol. The summed E-state index contributed by atoms with van der Waals surface area (Å²) in [5.74, 6) is 4.30. The van der Waals surface area contributed by atoms with Gasteiger partial charge in [0.2, 0.25) is 11.8 Å². The number of nitrogens with zero attached hydrogens (tertiary/aromatic N) is 2. The van der Waals surface area contributed by atoms with Crippen LogP contribution in [0.5, 0.6) is 11.5 Å². The topological polar surface area (TPSA) is 68.7 Å². The molecule has 0 bridgehead atoms. The molecule has 8 heteroatoms. The smallest absolute Gasteiger partial charge is 0.361 e. The molecule has 254 valence electrons. The van der Waals surface area contributed by atoms with E-state index in [4.69, 9.17) is 18.3 Å². The van der Waals surface area contributed by atoms with Crippen molar-refractivity contribution in [2.24, 2.45) is 0 Å². The zero-order chi connectivity index (χ0) is 34.8. The van der Waals surface area contributed by atoms with E-state index in [1.54, 1.807) is 0 Å². The van der Waals surface area contributed by atoms with E-state index in [-0.39, 0.29) is 0 Å². The van der Waals surface area contributed by atoms with Crippen LogP contribution in [0.4, 0.5) is 0 Å². The maximum absolute atomic E-state index is 6.40. The van der Waals surface area contributed by atoms with E-state index in [1.165, 1.54) is 0 Å². The number of benzene rings is 5. The maximum atomic E-state index is 6.40. The molecule has 0 aliphatic heterocycles. The van der Waals surface area contributed by atoms with Crippen molar-refractivity contribution >= 4 is 31.9 Å². The number of aromatic nitrogens is 2. The molecule has 51 heavy (non-hydrogen) atoms. The van der Waals surface area contributed by atoms with E-state index in [0.717, 1.165) is 91.0 Å². The molecule has 7 rings (SSSR count). The molecule has 0 aliphatic carbocycles. The van der Waals surface area contributed by atoms with E-state index < -0.39 is 0 Å². The first-order chi connectivity index (χ1) is 25.1. The van der Waals surface area contributed by atoms with Crippen molar-refractivity contribution in [2.75, 3.05) is 13.2 Å². The minimum Gasteiger partial charge on any atom is -0.494 e. The van der Waals surface area contributed by atoms with Crippen LogP contribution < -0.4 is 9.47 Å². The largest absolute Gasteiger partial charge is 0.494 e. The second-order valence-corrected chi connectivity index (χ2v) is 13.9. The Balaban J connectivity index is 0.862. The molecule has 0 fully saturated rings. The summed E-state index contributed by atoms with van der Waals surface area (Å²) in [5.41, 5.74) is 5.95. The molecule has 2 heterocycles. The number of hydrogen-bond donors (Lipinski definition) is 0. The third-order valence-corrected chi connectivity index (χ3v) is 9.42. The van der Waals surface area contributed by atoms with Gasteiger partial charge in [-0.15, -0.1) is 10.2 Å². The summed E-state index contributed by atoms with van der Waals surface area (Å²) in [5, 5.41) is 8.37. The van der Waals surface area contributed by atoms with Crippen LogP contribution in [0.2, 0.25) is 0 Å². The van der Waals surface area contributed by atoms with Crippen molar-refractivity contribution in [1.29, 1.82) is 0 Å². The van der Waals surface area contributed by atoms with E-state index >= 15 is 0 Å². The number of ether oxygens (including phenoxy) is 2. The van der Waals surface area contributed by atoms with Gasteiger partial charge in [-0.25, -0.2) is 4.42 Å². The summed E-state index contributed by atoms with van der Waals surface area (Å²) in [6.45, 7) is 1.34. The zero-order valence-electron chi connectivity index (χ0n) is 27.8. The number of halogens is 2. The molecule has 0 radical (unpaired) electrons. The van der Waals surface area contributed by atoms with Gasteiger partial charge in [0.1, 0.15) is 11.5 Å². The Hall–Kier alpha value is -5.05. The molecule has 0 atom stereocenters. The predicted molar refractivity (Wildman–Crippen MR) is 209 cm³/mol. The highest BCUT2D eigenvalue weighted by Gasteiger charge is 2.21. The quantitative estimate of drug-likeness (QED) is 0.0806. The third kappa shape index (κ3) is 9.20. The second kappa shape index (κ2) is 16.8. The van der Waals surface area contributed by atoms with Crippen LogP contribution in [0, 0.1) is 0 Å². The Labute approximate surface area is 314 Å². The van der Waals surface area contributed by atoms with Crippen molar-refractivity contribution in [3.05, 3.63) is 148 Å². The molecule has 2 aromatic heterocycles. The van der Waals surface area contributed by atoms with Gasteiger partial charge in [0.25, 0.3) is 0 Å². The van der Waals surface area contributed by atoms with Crippen LogP contribution in [0.3, 0.4) is 0 Å². The summed E-state index contributed by atoms with van der Waals surface area (Å²) in [4.78, 5) is 0. The minimum absolute atomic E-state index is 0.489. The Morgan fingerprint density at radius 1 is 0.451 bits per heavy atom. The number of unbranched alkanes of at least 4 members (excludes halogenated alkanes) is 3. The van der Waals surface area contributed by atoms with Crippen LogP contribution in [0.1, 0.15) is 25.7 Å². The lowest BCUT2D eigenvalue weighted by Gasteiger charge is -2.08. The van der Waals surface area contributed by atoms with Crippen molar-refractivity contribution in [3.8, 4) is 68.2 Å². The van der Waals surface area contributed by atoms with Crippen molar-refractivity contribution in [2.45, 2.75) is 25.7 Å². The highest BCUT2D eigenvalue weighted by molar-refractivity contribution is 9.10. The standard InChI is InChI=1S/C43H35Br2N2O4/c44-36-18-10-31(11-19-36)40-28-35(29-41(50-40)32-12-20-37(45)21-13-32)30-14-22-38(23-15-30)48-26-6-1-2-7-27-49-39-24-16-34(17-25-39)43-47-46-42(51-43)33-8-4-3-5-9-33/h3-5,8-25,28-29H,1-2,6-7,26-27H2/q+1. The third-order valence-electron chi connectivity index (χ3n) is 8.36. The summed E-state index contributed by atoms with van der Waals surface area (Å²) < 4.78 is 26.4. The first-order valence-corrected chi connectivity index (χ1v) is 18.5. The maximum Gasteiger partial charge on any atom is 0.361 e. The Kier molecular flexibility index (Phi) is 11.3. The lowest BCUT2D eigenvalue weighted by Crippen LogP contribution is -2.00. The highest BCUT2D eigenvalue weighted by atomic mass is 79.9. The van der Waals surface area contributed by atoms with Gasteiger partial charge in [-0.3, -0.25) is 0 Å². The van der Waals surface area contributed by atoms with Gasteiger partial charge in [-0.05, 0) is 128 Å². The van der Waals surface area contributed by atoms with Gasteiger partial charge in [0.05, 0.1) is 36.5 Å². The molecule has 0 N–H and O–H groups in total. The second-order valence-electron chi connectivity index (χ2n) is 12.0. The molecule has 6 nitrogen and oxygen atoms in total.